The lowest BCUT2D eigenvalue weighted by molar-refractivity contribution is 0.112. The molecule has 3 aromatic rings. The van der Waals surface area contributed by atoms with Gasteiger partial charge in [-0.1, -0.05) is 29.5 Å². The van der Waals surface area contributed by atoms with E-state index in [4.69, 9.17) is 9.47 Å². The molecule has 1 heterocycles. The fourth-order valence-electron chi connectivity index (χ4n) is 1.96. The first-order chi connectivity index (χ1) is 11.3. The van der Waals surface area contributed by atoms with E-state index in [2.05, 4.69) is 20.6 Å². The minimum atomic E-state index is 0.238. The number of benzene rings is 2. The monoisotopic (exact) mass is 310 g/mol. The number of ether oxygens (including phenoxy) is 2. The van der Waals surface area contributed by atoms with Crippen molar-refractivity contribution >= 4 is 6.29 Å². The first-order valence-electron chi connectivity index (χ1n) is 6.95. The van der Waals surface area contributed by atoms with Crippen LogP contribution in [0.25, 0.3) is 0 Å². The third-order valence-electron chi connectivity index (χ3n) is 3.06. The Kier molecular flexibility index (Phi) is 4.58. The molecule has 2 aromatic carbocycles. The number of aromatic nitrogens is 4. The Hall–Kier alpha value is -3.22. The summed E-state index contributed by atoms with van der Waals surface area (Å²) in [6.45, 7) is 0.615. The number of nitrogens with zero attached hydrogens (tertiary/aromatic N) is 3. The van der Waals surface area contributed by atoms with Crippen molar-refractivity contribution in [1.82, 2.24) is 20.6 Å². The molecule has 0 saturated heterocycles. The largest absolute Gasteiger partial charge is 0.489 e. The Morgan fingerprint density at radius 1 is 1.00 bits per heavy atom. The second-order valence-electron chi connectivity index (χ2n) is 4.74. The predicted molar refractivity (Wildman–Crippen MR) is 81.1 cm³/mol. The van der Waals surface area contributed by atoms with E-state index in [1.54, 1.807) is 18.2 Å². The average Bonchev–Trinajstić information content (AvgIpc) is 3.12. The molecule has 0 spiro atoms. The Balaban J connectivity index is 1.59. The summed E-state index contributed by atoms with van der Waals surface area (Å²) in [5.41, 5.74) is 1.53. The molecule has 3 rings (SSSR count). The molecule has 116 valence electrons. The molecule has 0 atom stereocenters. The van der Waals surface area contributed by atoms with Crippen molar-refractivity contribution < 1.29 is 14.3 Å². The van der Waals surface area contributed by atoms with Crippen molar-refractivity contribution in [3.05, 3.63) is 65.5 Å². The average molecular weight is 310 g/mol. The van der Waals surface area contributed by atoms with Crippen molar-refractivity contribution in [2.45, 2.75) is 13.2 Å². The fourth-order valence-corrected chi connectivity index (χ4v) is 1.96. The first kappa shape index (κ1) is 14.7. The lowest BCUT2D eigenvalue weighted by Crippen LogP contribution is -2.00. The number of aldehydes is 1. The SMILES string of the molecule is O=Cc1cccc(OCc2cccc(OCc3nn[nH]n3)c2)c1. The van der Waals surface area contributed by atoms with E-state index in [0.717, 1.165) is 11.8 Å². The number of rotatable bonds is 7. The van der Waals surface area contributed by atoms with Crippen molar-refractivity contribution in [2.24, 2.45) is 0 Å². The standard InChI is InChI=1S/C16H14N4O3/c21-9-12-3-1-5-14(7-12)22-10-13-4-2-6-15(8-13)23-11-16-17-19-20-18-16/h1-9H,10-11H2,(H,17,18,19,20). The van der Waals surface area contributed by atoms with E-state index in [-0.39, 0.29) is 6.61 Å². The number of H-pyrrole nitrogens is 1. The van der Waals surface area contributed by atoms with Crippen LogP contribution < -0.4 is 9.47 Å². The molecule has 0 amide bonds. The summed E-state index contributed by atoms with van der Waals surface area (Å²) in [5, 5.41) is 13.5. The van der Waals surface area contributed by atoms with E-state index < -0.39 is 0 Å². The molecule has 0 fully saturated rings. The van der Waals surface area contributed by atoms with Crippen LogP contribution in [0.4, 0.5) is 0 Å². The quantitative estimate of drug-likeness (QED) is 0.673. The maximum absolute atomic E-state index is 10.8. The molecule has 0 aliphatic carbocycles. The highest BCUT2D eigenvalue weighted by atomic mass is 16.5. The number of hydrogen-bond donors (Lipinski definition) is 1. The number of hydrogen-bond acceptors (Lipinski definition) is 6. The second-order valence-corrected chi connectivity index (χ2v) is 4.74. The van der Waals surface area contributed by atoms with Gasteiger partial charge in [0.2, 0.25) is 5.82 Å². The number of aromatic amines is 1. The number of carbonyl (C=O) groups is 1. The minimum absolute atomic E-state index is 0.238. The van der Waals surface area contributed by atoms with E-state index in [0.29, 0.717) is 29.5 Å². The smallest absolute Gasteiger partial charge is 0.211 e. The topological polar surface area (TPSA) is 90.0 Å². The molecule has 23 heavy (non-hydrogen) atoms. The van der Waals surface area contributed by atoms with Gasteiger partial charge in [-0.25, -0.2) is 0 Å². The Labute approximate surface area is 132 Å². The van der Waals surface area contributed by atoms with Gasteiger partial charge in [-0.2, -0.15) is 5.21 Å². The van der Waals surface area contributed by atoms with E-state index in [9.17, 15) is 4.79 Å². The van der Waals surface area contributed by atoms with Gasteiger partial charge in [0.1, 0.15) is 24.4 Å². The molecule has 7 heteroatoms. The number of carbonyl (C=O) groups excluding carboxylic acids is 1. The van der Waals surface area contributed by atoms with Gasteiger partial charge in [-0.05, 0) is 29.8 Å². The van der Waals surface area contributed by atoms with Crippen LogP contribution in [0.15, 0.2) is 48.5 Å². The van der Waals surface area contributed by atoms with Crippen molar-refractivity contribution in [2.75, 3.05) is 0 Å². The zero-order chi connectivity index (χ0) is 15.9. The van der Waals surface area contributed by atoms with Crippen LogP contribution in [0.2, 0.25) is 0 Å². The summed E-state index contributed by atoms with van der Waals surface area (Å²) in [4.78, 5) is 10.8. The third kappa shape index (κ3) is 4.13. The third-order valence-corrected chi connectivity index (χ3v) is 3.06. The van der Waals surface area contributed by atoms with Gasteiger partial charge < -0.3 is 9.47 Å². The molecular weight excluding hydrogens is 296 g/mol. The maximum atomic E-state index is 10.8. The van der Waals surface area contributed by atoms with E-state index in [1.165, 1.54) is 0 Å². The van der Waals surface area contributed by atoms with Crippen LogP contribution in [-0.2, 0) is 13.2 Å². The summed E-state index contributed by atoms with van der Waals surface area (Å²) in [5.74, 6) is 1.82. The van der Waals surface area contributed by atoms with E-state index in [1.807, 2.05) is 30.3 Å². The molecule has 0 unspecified atom stereocenters. The summed E-state index contributed by atoms with van der Waals surface area (Å²) in [6.07, 6.45) is 0.791. The normalized spacial score (nSPS) is 10.3. The van der Waals surface area contributed by atoms with Crippen molar-refractivity contribution in [3.63, 3.8) is 0 Å². The molecule has 7 nitrogen and oxygen atoms in total. The van der Waals surface area contributed by atoms with Crippen molar-refractivity contribution in [1.29, 1.82) is 0 Å². The van der Waals surface area contributed by atoms with Crippen LogP contribution in [0.1, 0.15) is 21.7 Å². The molecule has 1 N–H and O–H groups in total. The molecular formula is C16H14N4O3. The van der Waals surface area contributed by atoms with Gasteiger partial charge in [0.25, 0.3) is 0 Å². The molecule has 1 aromatic heterocycles. The van der Waals surface area contributed by atoms with Crippen molar-refractivity contribution in [3.8, 4) is 11.5 Å². The van der Waals surface area contributed by atoms with Gasteiger partial charge >= 0.3 is 0 Å². The van der Waals surface area contributed by atoms with Gasteiger partial charge in [0.05, 0.1) is 0 Å². The Bertz CT molecular complexity index is 775. The van der Waals surface area contributed by atoms with Gasteiger partial charge in [0.15, 0.2) is 6.61 Å². The van der Waals surface area contributed by atoms with Gasteiger partial charge in [0, 0.05) is 5.56 Å². The summed E-state index contributed by atoms with van der Waals surface area (Å²) in [7, 11) is 0. The number of tetrazole rings is 1. The molecule has 0 saturated carbocycles. The predicted octanol–water partition coefficient (Wildman–Crippen LogP) is 2.17. The highest BCUT2D eigenvalue weighted by Crippen LogP contribution is 2.18. The number of nitrogens with one attached hydrogen (secondary N) is 1. The summed E-state index contributed by atoms with van der Waals surface area (Å²) >= 11 is 0. The fraction of sp³-hybridized carbons (Fsp3) is 0.125. The first-order valence-corrected chi connectivity index (χ1v) is 6.95. The van der Waals surface area contributed by atoms with Crippen LogP contribution in [0.5, 0.6) is 11.5 Å². The highest BCUT2D eigenvalue weighted by molar-refractivity contribution is 5.75. The van der Waals surface area contributed by atoms with Crippen LogP contribution in [-0.4, -0.2) is 26.9 Å². The van der Waals surface area contributed by atoms with Gasteiger partial charge in [-0.15, -0.1) is 10.2 Å². The maximum Gasteiger partial charge on any atom is 0.211 e. The molecule has 0 bridgehead atoms. The second kappa shape index (κ2) is 7.17. The highest BCUT2D eigenvalue weighted by Gasteiger charge is 2.02. The van der Waals surface area contributed by atoms with Crippen LogP contribution in [0, 0.1) is 0 Å². The summed E-state index contributed by atoms with van der Waals surface area (Å²) < 4.78 is 11.3. The van der Waals surface area contributed by atoms with Crippen LogP contribution in [0.3, 0.4) is 0 Å². The summed E-state index contributed by atoms with van der Waals surface area (Å²) in [6, 6.07) is 14.6. The molecule has 0 aliphatic rings. The zero-order valence-electron chi connectivity index (χ0n) is 12.2. The molecule has 0 radical (unpaired) electrons. The minimum Gasteiger partial charge on any atom is -0.489 e. The van der Waals surface area contributed by atoms with E-state index >= 15 is 0 Å². The lowest BCUT2D eigenvalue weighted by Gasteiger charge is -2.09. The Morgan fingerprint density at radius 2 is 1.78 bits per heavy atom. The van der Waals surface area contributed by atoms with Crippen LogP contribution >= 0.6 is 0 Å². The zero-order valence-corrected chi connectivity index (χ0v) is 12.2. The van der Waals surface area contributed by atoms with Gasteiger partial charge in [-0.3, -0.25) is 4.79 Å². The Morgan fingerprint density at radius 3 is 2.57 bits per heavy atom. The molecule has 0 aliphatic heterocycles. The lowest BCUT2D eigenvalue weighted by atomic mass is 10.2.